The molecular weight excluding hydrogens is 196 g/mol. The van der Waals surface area contributed by atoms with Crippen LogP contribution in [0.1, 0.15) is 31.4 Å². The van der Waals surface area contributed by atoms with Gasteiger partial charge in [-0.1, -0.05) is 13.8 Å². The van der Waals surface area contributed by atoms with E-state index in [4.69, 9.17) is 0 Å². The summed E-state index contributed by atoms with van der Waals surface area (Å²) in [6, 6.07) is 0. The summed E-state index contributed by atoms with van der Waals surface area (Å²) in [6.07, 6.45) is 3.67. The lowest BCUT2D eigenvalue weighted by molar-refractivity contribution is 0.790. The minimum absolute atomic E-state index is 0.379. The van der Waals surface area contributed by atoms with Crippen LogP contribution in [0.25, 0.3) is 5.13 Å². The van der Waals surface area contributed by atoms with Crippen LogP contribution in [-0.2, 0) is 0 Å². The van der Waals surface area contributed by atoms with Crippen molar-refractivity contribution in [1.82, 2.24) is 18.9 Å². The van der Waals surface area contributed by atoms with Crippen LogP contribution in [0.3, 0.4) is 0 Å². The van der Waals surface area contributed by atoms with Gasteiger partial charge in [-0.15, -0.1) is 0 Å². The van der Waals surface area contributed by atoms with Gasteiger partial charge in [0.1, 0.15) is 11.6 Å². The largest absolute Gasteiger partial charge is 0.278 e. The Morgan fingerprint density at radius 2 is 2.21 bits per heavy atom. The first-order chi connectivity index (χ1) is 6.68. The highest BCUT2D eigenvalue weighted by Gasteiger charge is 2.09. The lowest BCUT2D eigenvalue weighted by Crippen LogP contribution is -1.96. The molecule has 14 heavy (non-hydrogen) atoms. The second-order valence-corrected chi connectivity index (χ2v) is 4.16. The molecule has 2 aromatic heterocycles. The third-order valence-electron chi connectivity index (χ3n) is 1.98. The third kappa shape index (κ3) is 1.55. The van der Waals surface area contributed by atoms with Gasteiger partial charge in [-0.3, -0.25) is 4.57 Å². The molecule has 0 N–H and O–H groups in total. The number of imidazole rings is 1. The summed E-state index contributed by atoms with van der Waals surface area (Å²) in [7, 11) is 0. The molecular formula is C9H12N4S. The molecule has 0 aliphatic heterocycles. The van der Waals surface area contributed by atoms with E-state index in [0.717, 1.165) is 16.8 Å². The smallest absolute Gasteiger partial charge is 0.214 e. The number of nitrogens with zero attached hydrogens (tertiary/aromatic N) is 4. The number of aromatic nitrogens is 4. The van der Waals surface area contributed by atoms with Crippen molar-refractivity contribution in [3.63, 3.8) is 0 Å². The summed E-state index contributed by atoms with van der Waals surface area (Å²) in [5.74, 6) is 2.22. The van der Waals surface area contributed by atoms with Gasteiger partial charge in [0.15, 0.2) is 0 Å². The highest BCUT2D eigenvalue weighted by Crippen LogP contribution is 2.17. The van der Waals surface area contributed by atoms with Crippen molar-refractivity contribution in [3.8, 4) is 5.13 Å². The zero-order chi connectivity index (χ0) is 10.1. The SMILES string of the molecule is Cc1nccn1-c1nc(C(C)C)ns1. The first-order valence-corrected chi connectivity index (χ1v) is 5.29. The highest BCUT2D eigenvalue weighted by molar-refractivity contribution is 7.08. The fourth-order valence-electron chi connectivity index (χ4n) is 1.14. The fourth-order valence-corrected chi connectivity index (χ4v) is 1.98. The van der Waals surface area contributed by atoms with Gasteiger partial charge >= 0.3 is 0 Å². The van der Waals surface area contributed by atoms with E-state index < -0.39 is 0 Å². The molecule has 0 bridgehead atoms. The molecule has 0 atom stereocenters. The van der Waals surface area contributed by atoms with Gasteiger partial charge in [-0.05, 0) is 6.92 Å². The van der Waals surface area contributed by atoms with E-state index in [1.54, 1.807) is 6.20 Å². The molecule has 0 saturated heterocycles. The lowest BCUT2D eigenvalue weighted by atomic mass is 10.2. The van der Waals surface area contributed by atoms with Crippen LogP contribution in [0.2, 0.25) is 0 Å². The zero-order valence-corrected chi connectivity index (χ0v) is 9.25. The van der Waals surface area contributed by atoms with Crippen LogP contribution in [-0.4, -0.2) is 18.9 Å². The molecule has 74 valence electrons. The van der Waals surface area contributed by atoms with Gasteiger partial charge in [0.05, 0.1) is 0 Å². The van der Waals surface area contributed by atoms with Gasteiger partial charge in [0.25, 0.3) is 0 Å². The minimum Gasteiger partial charge on any atom is -0.278 e. The molecule has 0 aliphatic rings. The summed E-state index contributed by atoms with van der Waals surface area (Å²) in [6.45, 7) is 6.13. The van der Waals surface area contributed by atoms with E-state index in [-0.39, 0.29) is 0 Å². The molecule has 0 fully saturated rings. The van der Waals surface area contributed by atoms with E-state index in [9.17, 15) is 0 Å². The van der Waals surface area contributed by atoms with Crippen LogP contribution >= 0.6 is 11.5 Å². The van der Waals surface area contributed by atoms with Crippen LogP contribution in [0, 0.1) is 6.92 Å². The molecule has 2 heterocycles. The van der Waals surface area contributed by atoms with Gasteiger partial charge < -0.3 is 0 Å². The van der Waals surface area contributed by atoms with E-state index in [1.807, 2.05) is 17.7 Å². The second-order valence-electron chi connectivity index (χ2n) is 3.43. The number of rotatable bonds is 2. The second kappa shape index (κ2) is 3.49. The topological polar surface area (TPSA) is 43.6 Å². The van der Waals surface area contributed by atoms with Crippen LogP contribution in [0.5, 0.6) is 0 Å². The summed E-state index contributed by atoms with van der Waals surface area (Å²) >= 11 is 1.41. The van der Waals surface area contributed by atoms with E-state index in [1.165, 1.54) is 11.5 Å². The monoisotopic (exact) mass is 208 g/mol. The lowest BCUT2D eigenvalue weighted by Gasteiger charge is -1.97. The predicted molar refractivity (Wildman–Crippen MR) is 55.9 cm³/mol. The molecule has 0 amide bonds. The van der Waals surface area contributed by atoms with Crippen molar-refractivity contribution in [3.05, 3.63) is 24.0 Å². The van der Waals surface area contributed by atoms with Crippen molar-refractivity contribution in [2.45, 2.75) is 26.7 Å². The number of aryl methyl sites for hydroxylation is 1. The van der Waals surface area contributed by atoms with Crippen molar-refractivity contribution >= 4 is 11.5 Å². The first-order valence-electron chi connectivity index (χ1n) is 4.52. The van der Waals surface area contributed by atoms with Crippen molar-refractivity contribution in [1.29, 1.82) is 0 Å². The normalized spacial score (nSPS) is 11.1. The Bertz CT molecular complexity index is 429. The van der Waals surface area contributed by atoms with Gasteiger partial charge in [0.2, 0.25) is 5.13 Å². The average molecular weight is 208 g/mol. The molecule has 0 radical (unpaired) electrons. The summed E-state index contributed by atoms with van der Waals surface area (Å²) in [4.78, 5) is 8.59. The summed E-state index contributed by atoms with van der Waals surface area (Å²) < 4.78 is 6.24. The van der Waals surface area contributed by atoms with E-state index in [0.29, 0.717) is 5.92 Å². The van der Waals surface area contributed by atoms with Crippen LogP contribution in [0.15, 0.2) is 12.4 Å². The molecule has 0 aromatic carbocycles. The maximum absolute atomic E-state index is 4.44. The van der Waals surface area contributed by atoms with Crippen LogP contribution < -0.4 is 0 Å². The van der Waals surface area contributed by atoms with Crippen molar-refractivity contribution < 1.29 is 0 Å². The molecule has 4 nitrogen and oxygen atoms in total. The highest BCUT2D eigenvalue weighted by atomic mass is 32.1. The van der Waals surface area contributed by atoms with Gasteiger partial charge in [-0.25, -0.2) is 9.97 Å². The molecule has 2 aromatic rings. The standard InChI is InChI=1S/C9H12N4S/c1-6(2)8-11-9(14-12-8)13-5-4-10-7(13)3/h4-6H,1-3H3. The van der Waals surface area contributed by atoms with Crippen molar-refractivity contribution in [2.24, 2.45) is 0 Å². The Hall–Kier alpha value is -1.23. The third-order valence-corrected chi connectivity index (χ3v) is 2.71. The number of hydrogen-bond acceptors (Lipinski definition) is 4. The molecule has 0 unspecified atom stereocenters. The van der Waals surface area contributed by atoms with Crippen molar-refractivity contribution in [2.75, 3.05) is 0 Å². The molecule has 0 saturated carbocycles. The van der Waals surface area contributed by atoms with Gasteiger partial charge in [-0.2, -0.15) is 4.37 Å². The quantitative estimate of drug-likeness (QED) is 0.759. The fraction of sp³-hybridized carbons (Fsp3) is 0.444. The Morgan fingerprint density at radius 3 is 2.71 bits per heavy atom. The summed E-state index contributed by atoms with van der Waals surface area (Å²) in [5.41, 5.74) is 0. The Balaban J connectivity index is 2.39. The van der Waals surface area contributed by atoms with Crippen LogP contribution in [0.4, 0.5) is 0 Å². The maximum Gasteiger partial charge on any atom is 0.214 e. The first kappa shape index (κ1) is 9.33. The predicted octanol–water partition coefficient (Wildman–Crippen LogP) is 2.16. The molecule has 2 rings (SSSR count). The average Bonchev–Trinajstić information content (AvgIpc) is 2.71. The Kier molecular flexibility index (Phi) is 2.33. The van der Waals surface area contributed by atoms with E-state index in [2.05, 4.69) is 28.2 Å². The van der Waals surface area contributed by atoms with E-state index >= 15 is 0 Å². The minimum atomic E-state index is 0.379. The molecule has 0 aliphatic carbocycles. The summed E-state index contributed by atoms with van der Waals surface area (Å²) in [5, 5.41) is 0.892. The zero-order valence-electron chi connectivity index (χ0n) is 8.43. The molecule has 0 spiro atoms. The number of hydrogen-bond donors (Lipinski definition) is 0. The van der Waals surface area contributed by atoms with Gasteiger partial charge in [0, 0.05) is 29.8 Å². The Labute approximate surface area is 86.8 Å². The Morgan fingerprint density at radius 1 is 1.43 bits per heavy atom. The molecule has 5 heteroatoms. The maximum atomic E-state index is 4.44.